The molecule has 5 nitrogen and oxygen atoms in total. The third-order valence-corrected chi connectivity index (χ3v) is 7.41. The summed E-state index contributed by atoms with van der Waals surface area (Å²) < 4.78 is 13.3. The van der Waals surface area contributed by atoms with Crippen molar-refractivity contribution in [3.8, 4) is 0 Å². The number of amides is 2. The van der Waals surface area contributed by atoms with Crippen LogP contribution in [0.3, 0.4) is 0 Å². The fraction of sp³-hybridized carbons (Fsp3) is 0.241. The van der Waals surface area contributed by atoms with Crippen molar-refractivity contribution < 1.29 is 14.0 Å². The van der Waals surface area contributed by atoms with Gasteiger partial charge in [-0.15, -0.1) is 0 Å². The number of carbonyl (C=O) groups is 2. The number of aromatic amines is 1. The lowest BCUT2D eigenvalue weighted by Crippen LogP contribution is -2.63. The number of H-pyrrole nitrogens is 1. The summed E-state index contributed by atoms with van der Waals surface area (Å²) in [5.74, 6) is -0.361. The van der Waals surface area contributed by atoms with Gasteiger partial charge in [0.25, 0.3) is 0 Å². The van der Waals surface area contributed by atoms with Crippen LogP contribution in [0.25, 0.3) is 10.9 Å². The number of benzene rings is 3. The summed E-state index contributed by atoms with van der Waals surface area (Å²) in [7, 11) is 0. The Morgan fingerprint density at radius 2 is 1.71 bits per heavy atom. The number of rotatable bonds is 4. The second kappa shape index (κ2) is 8.38. The highest BCUT2D eigenvalue weighted by molar-refractivity contribution is 5.97. The third-order valence-electron chi connectivity index (χ3n) is 7.41. The van der Waals surface area contributed by atoms with Crippen LogP contribution < -0.4 is 0 Å². The van der Waals surface area contributed by atoms with Gasteiger partial charge < -0.3 is 14.8 Å². The van der Waals surface area contributed by atoms with E-state index >= 15 is 0 Å². The predicted molar refractivity (Wildman–Crippen MR) is 132 cm³/mol. The first kappa shape index (κ1) is 21.6. The first-order valence-corrected chi connectivity index (χ1v) is 12.0. The summed E-state index contributed by atoms with van der Waals surface area (Å²) in [5.41, 5.74) is 6.18. The molecular weight excluding hydrogens is 441 g/mol. The second-order valence-electron chi connectivity index (χ2n) is 9.48. The van der Waals surface area contributed by atoms with Crippen molar-refractivity contribution in [1.29, 1.82) is 0 Å². The van der Waals surface area contributed by atoms with Crippen LogP contribution >= 0.6 is 0 Å². The molecule has 3 aromatic carbocycles. The number of nitrogens with zero attached hydrogens (tertiary/aromatic N) is 2. The molecule has 4 aromatic rings. The number of aromatic nitrogens is 1. The van der Waals surface area contributed by atoms with E-state index in [-0.39, 0.29) is 30.2 Å². The van der Waals surface area contributed by atoms with Crippen molar-refractivity contribution >= 4 is 22.7 Å². The maximum atomic E-state index is 13.8. The summed E-state index contributed by atoms with van der Waals surface area (Å²) in [5, 5.41) is 1.10. The maximum absolute atomic E-state index is 13.8. The van der Waals surface area contributed by atoms with E-state index in [1.807, 2.05) is 43.3 Å². The molecule has 6 rings (SSSR count). The average Bonchev–Trinajstić information content (AvgIpc) is 3.24. The van der Waals surface area contributed by atoms with E-state index in [4.69, 9.17) is 0 Å². The number of nitrogens with one attached hydrogen (secondary N) is 1. The van der Waals surface area contributed by atoms with Crippen LogP contribution in [0.15, 0.2) is 72.8 Å². The number of hydrogen-bond donors (Lipinski definition) is 1. The fourth-order valence-electron chi connectivity index (χ4n) is 5.65. The molecule has 3 heterocycles. The second-order valence-corrected chi connectivity index (χ2v) is 9.48. The van der Waals surface area contributed by atoms with E-state index in [9.17, 15) is 14.0 Å². The monoisotopic (exact) mass is 467 g/mol. The minimum Gasteiger partial charge on any atom is -0.356 e. The van der Waals surface area contributed by atoms with Crippen LogP contribution in [-0.4, -0.2) is 45.7 Å². The smallest absolute Gasteiger partial charge is 0.246 e. The molecule has 6 heteroatoms. The van der Waals surface area contributed by atoms with E-state index in [1.165, 1.54) is 12.1 Å². The van der Waals surface area contributed by atoms with Gasteiger partial charge in [-0.3, -0.25) is 9.59 Å². The zero-order valence-corrected chi connectivity index (χ0v) is 19.5. The quantitative estimate of drug-likeness (QED) is 0.479. The van der Waals surface area contributed by atoms with Gasteiger partial charge in [0.1, 0.15) is 11.9 Å². The lowest BCUT2D eigenvalue weighted by Gasteiger charge is -2.47. The van der Waals surface area contributed by atoms with Crippen molar-refractivity contribution in [3.05, 3.63) is 107 Å². The number of halogens is 1. The van der Waals surface area contributed by atoms with Gasteiger partial charge in [0.15, 0.2) is 0 Å². The summed E-state index contributed by atoms with van der Waals surface area (Å²) in [4.78, 5) is 34.4. The predicted octanol–water partition coefficient (Wildman–Crippen LogP) is 4.54. The number of piperazine rings is 1. The number of fused-ring (bicyclic) bond motifs is 4. The van der Waals surface area contributed by atoms with Crippen molar-refractivity contribution in [2.24, 2.45) is 0 Å². The Bertz CT molecular complexity index is 1440. The summed E-state index contributed by atoms with van der Waals surface area (Å²) in [6, 6.07) is 21.6. The zero-order chi connectivity index (χ0) is 24.1. The largest absolute Gasteiger partial charge is 0.356 e. The first-order valence-electron chi connectivity index (χ1n) is 12.0. The van der Waals surface area contributed by atoms with E-state index in [0.717, 1.165) is 38.9 Å². The SMILES string of the molecule is Cc1ccccc1[C@@H]1c2[nH]c3ccccc3c2C[C@H]2C(=O)N(CCc3ccc(F)cc3)CC(=O)N12. The third kappa shape index (κ3) is 3.60. The number of aryl methyl sites for hydroxylation is 1. The molecule has 2 amide bonds. The Labute approximate surface area is 203 Å². The van der Waals surface area contributed by atoms with E-state index in [0.29, 0.717) is 19.4 Å². The zero-order valence-electron chi connectivity index (χ0n) is 19.5. The molecule has 0 saturated carbocycles. The maximum Gasteiger partial charge on any atom is 0.246 e. The van der Waals surface area contributed by atoms with Crippen LogP contribution in [0.1, 0.15) is 34.0 Å². The molecule has 1 saturated heterocycles. The lowest BCUT2D eigenvalue weighted by atomic mass is 9.85. The van der Waals surface area contributed by atoms with Gasteiger partial charge in [0, 0.05) is 29.6 Å². The van der Waals surface area contributed by atoms with Crippen molar-refractivity contribution in [2.45, 2.75) is 31.8 Å². The fourth-order valence-corrected chi connectivity index (χ4v) is 5.65. The van der Waals surface area contributed by atoms with Gasteiger partial charge in [-0.05, 0) is 53.8 Å². The Morgan fingerprint density at radius 1 is 0.971 bits per heavy atom. The minimum atomic E-state index is -0.555. The van der Waals surface area contributed by atoms with Gasteiger partial charge in [-0.1, -0.05) is 54.6 Å². The molecular formula is C29H26FN3O2. The van der Waals surface area contributed by atoms with Crippen LogP contribution in [-0.2, 0) is 22.4 Å². The van der Waals surface area contributed by atoms with Crippen molar-refractivity contribution in [2.75, 3.05) is 13.1 Å². The van der Waals surface area contributed by atoms with Gasteiger partial charge >= 0.3 is 0 Å². The molecule has 0 aliphatic carbocycles. The first-order chi connectivity index (χ1) is 17.0. The molecule has 0 spiro atoms. The van der Waals surface area contributed by atoms with Crippen molar-refractivity contribution in [3.63, 3.8) is 0 Å². The van der Waals surface area contributed by atoms with Gasteiger partial charge in [0.2, 0.25) is 11.8 Å². The highest BCUT2D eigenvalue weighted by Gasteiger charge is 2.48. The molecule has 176 valence electrons. The molecule has 1 N–H and O–H groups in total. The topological polar surface area (TPSA) is 56.4 Å². The highest BCUT2D eigenvalue weighted by atomic mass is 19.1. The molecule has 2 atom stereocenters. The van der Waals surface area contributed by atoms with Crippen LogP contribution in [0.2, 0.25) is 0 Å². The van der Waals surface area contributed by atoms with Gasteiger partial charge in [-0.2, -0.15) is 0 Å². The summed E-state index contributed by atoms with van der Waals surface area (Å²) >= 11 is 0. The normalized spacial score (nSPS) is 19.7. The van der Waals surface area contributed by atoms with Crippen LogP contribution in [0.4, 0.5) is 4.39 Å². The molecule has 2 aliphatic rings. The minimum absolute atomic E-state index is 0.0266. The molecule has 0 radical (unpaired) electrons. The van der Waals surface area contributed by atoms with Crippen LogP contribution in [0.5, 0.6) is 0 Å². The average molecular weight is 468 g/mol. The van der Waals surface area contributed by atoms with Crippen molar-refractivity contribution in [1.82, 2.24) is 14.8 Å². The van der Waals surface area contributed by atoms with E-state index in [2.05, 4.69) is 17.1 Å². The Hall–Kier alpha value is -3.93. The molecule has 1 fully saturated rings. The van der Waals surface area contributed by atoms with E-state index in [1.54, 1.807) is 21.9 Å². The lowest BCUT2D eigenvalue weighted by molar-refractivity contribution is -0.158. The number of carbonyl (C=O) groups excluding carboxylic acids is 2. The highest BCUT2D eigenvalue weighted by Crippen LogP contribution is 2.43. The standard InChI is InChI=1S/C29H26FN3O2/c1-18-6-2-3-7-21(18)28-27-23(22-8-4-5-9-24(22)31-27)16-25-29(35)32(17-26(34)33(25)28)15-14-19-10-12-20(30)13-11-19/h2-13,25,28,31H,14-17H2,1H3/t25-,28+/m0/s1. The Kier molecular flexibility index (Phi) is 5.17. The summed E-state index contributed by atoms with van der Waals surface area (Å²) in [6.45, 7) is 2.53. The summed E-state index contributed by atoms with van der Waals surface area (Å²) in [6.07, 6.45) is 1.06. The van der Waals surface area contributed by atoms with Gasteiger partial charge in [0.05, 0.1) is 12.6 Å². The van der Waals surface area contributed by atoms with E-state index < -0.39 is 6.04 Å². The number of para-hydroxylation sites is 1. The van der Waals surface area contributed by atoms with Gasteiger partial charge in [-0.25, -0.2) is 4.39 Å². The Morgan fingerprint density at radius 3 is 2.51 bits per heavy atom. The Balaban J connectivity index is 1.39. The molecule has 2 aliphatic heterocycles. The molecule has 0 bridgehead atoms. The number of hydrogen-bond acceptors (Lipinski definition) is 2. The van der Waals surface area contributed by atoms with Crippen LogP contribution in [0, 0.1) is 12.7 Å². The molecule has 0 unspecified atom stereocenters. The molecule has 35 heavy (non-hydrogen) atoms. The molecule has 1 aromatic heterocycles.